The number of hydrogen-bond acceptors (Lipinski definition) is 5. The molecule has 5 aliphatic rings. The van der Waals surface area contributed by atoms with Crippen molar-refractivity contribution in [3.63, 3.8) is 0 Å². The lowest BCUT2D eigenvalue weighted by molar-refractivity contribution is -0.163. The van der Waals surface area contributed by atoms with E-state index in [-0.39, 0.29) is 5.92 Å². The number of aliphatic hydroxyl groups excluding tert-OH is 2. The Morgan fingerprint density at radius 2 is 2.04 bits per heavy atom. The van der Waals surface area contributed by atoms with E-state index in [0.29, 0.717) is 12.3 Å². The molecule has 4 bridgehead atoms. The van der Waals surface area contributed by atoms with Gasteiger partial charge < -0.3 is 20.1 Å². The SMILES string of the molecule is C=C1C[C@]23C[C@H]1CC[C@H]2[C@@]12OC(=O)[C@@](C)([C@H]1[C@@H]3C(=O)O)[C@@H](O)[C@H](O)[C@H]2I. The molecule has 4 saturated carbocycles. The molecule has 1 heterocycles. The highest BCUT2D eigenvalue weighted by Gasteiger charge is 2.86. The smallest absolute Gasteiger partial charge is 0.315 e. The monoisotopic (exact) mass is 474 g/mol. The van der Waals surface area contributed by atoms with Gasteiger partial charge in [-0.3, -0.25) is 9.59 Å². The molecule has 1 aliphatic heterocycles. The van der Waals surface area contributed by atoms with Crippen LogP contribution in [0.15, 0.2) is 12.2 Å². The van der Waals surface area contributed by atoms with Crippen molar-refractivity contribution in [2.75, 3.05) is 0 Å². The summed E-state index contributed by atoms with van der Waals surface area (Å²) in [7, 11) is 0. The minimum Gasteiger partial charge on any atom is -0.481 e. The topological polar surface area (TPSA) is 104 Å². The van der Waals surface area contributed by atoms with Gasteiger partial charge in [0.1, 0.15) is 11.0 Å². The summed E-state index contributed by atoms with van der Waals surface area (Å²) in [5, 5.41) is 31.8. The van der Waals surface area contributed by atoms with Crippen molar-refractivity contribution in [2.24, 2.45) is 34.5 Å². The Balaban J connectivity index is 1.80. The van der Waals surface area contributed by atoms with Crippen LogP contribution in [0.5, 0.6) is 0 Å². The van der Waals surface area contributed by atoms with E-state index in [1.54, 1.807) is 6.92 Å². The van der Waals surface area contributed by atoms with Crippen molar-refractivity contribution in [3.05, 3.63) is 12.2 Å². The number of esters is 1. The van der Waals surface area contributed by atoms with Crippen LogP contribution in [0, 0.1) is 34.5 Å². The van der Waals surface area contributed by atoms with E-state index < -0.39 is 56.3 Å². The molecule has 4 aliphatic carbocycles. The van der Waals surface area contributed by atoms with Gasteiger partial charge in [0.2, 0.25) is 0 Å². The zero-order valence-corrected chi connectivity index (χ0v) is 16.7. The Morgan fingerprint density at radius 1 is 1.35 bits per heavy atom. The molecular formula is C19H23IO6. The largest absolute Gasteiger partial charge is 0.481 e. The second-order valence-electron chi connectivity index (χ2n) is 9.26. The average molecular weight is 474 g/mol. The van der Waals surface area contributed by atoms with Gasteiger partial charge in [0.15, 0.2) is 0 Å². The number of alkyl halides is 1. The number of fused-ring (bicyclic) bond motifs is 1. The normalized spacial score (nSPS) is 59.8. The third-order valence-electron chi connectivity index (χ3n) is 8.53. The van der Waals surface area contributed by atoms with Gasteiger partial charge in [-0.25, -0.2) is 0 Å². The molecule has 6 nitrogen and oxygen atoms in total. The first-order valence-electron chi connectivity index (χ1n) is 9.26. The first kappa shape index (κ1) is 17.4. The molecule has 0 amide bonds. The number of rotatable bonds is 1. The number of carboxylic acid groups (broad SMARTS) is 1. The Bertz CT molecular complexity index is 752. The van der Waals surface area contributed by atoms with E-state index in [4.69, 9.17) is 4.74 Å². The zero-order valence-electron chi connectivity index (χ0n) is 14.5. The van der Waals surface area contributed by atoms with Crippen molar-refractivity contribution < 1.29 is 29.6 Å². The molecule has 0 unspecified atom stereocenters. The quantitative estimate of drug-likeness (QED) is 0.231. The standard InChI is InChI=1S/C19H23IO6/c1-7-5-18-6-8(7)3-4-9(18)19-12(10(18)15(23)24)17(2,16(25)26-19)14(22)11(21)13(19)20/h8-14,21-22H,1,3-6H2,2H3,(H,23,24)/t8-,9-,10-,11-,12-,13-,14+,17+,18+,19-/m1/s1. The number of aliphatic carboxylic acids is 1. The second-order valence-corrected chi connectivity index (χ2v) is 10.6. The third-order valence-corrected chi connectivity index (χ3v) is 10.2. The van der Waals surface area contributed by atoms with Gasteiger partial charge in [0, 0.05) is 11.8 Å². The second kappa shape index (κ2) is 4.84. The Labute approximate surface area is 165 Å². The van der Waals surface area contributed by atoms with Gasteiger partial charge in [0.25, 0.3) is 0 Å². The molecule has 0 aromatic carbocycles. The van der Waals surface area contributed by atoms with Crippen molar-refractivity contribution in [1.29, 1.82) is 0 Å². The van der Waals surface area contributed by atoms with Crippen molar-refractivity contribution in [3.8, 4) is 0 Å². The lowest BCUT2D eigenvalue weighted by Gasteiger charge is -2.49. The van der Waals surface area contributed by atoms with Crippen LogP contribution < -0.4 is 0 Å². The van der Waals surface area contributed by atoms with Crippen LogP contribution in [0.25, 0.3) is 0 Å². The van der Waals surface area contributed by atoms with E-state index >= 15 is 0 Å². The van der Waals surface area contributed by atoms with Crippen LogP contribution in [0.4, 0.5) is 0 Å². The fourth-order valence-electron chi connectivity index (χ4n) is 7.65. The van der Waals surface area contributed by atoms with Crippen LogP contribution in [-0.2, 0) is 14.3 Å². The highest BCUT2D eigenvalue weighted by atomic mass is 127. The molecule has 142 valence electrons. The van der Waals surface area contributed by atoms with Crippen LogP contribution in [0.3, 0.4) is 0 Å². The van der Waals surface area contributed by atoms with E-state index in [9.17, 15) is 24.9 Å². The molecule has 10 atom stereocenters. The van der Waals surface area contributed by atoms with E-state index in [1.807, 2.05) is 0 Å². The van der Waals surface area contributed by atoms with Gasteiger partial charge >= 0.3 is 11.9 Å². The van der Waals surface area contributed by atoms with Gasteiger partial charge in [0.05, 0.1) is 22.1 Å². The van der Waals surface area contributed by atoms with E-state index in [0.717, 1.165) is 24.8 Å². The first-order chi connectivity index (χ1) is 12.1. The third kappa shape index (κ3) is 1.53. The van der Waals surface area contributed by atoms with Gasteiger partial charge in [-0.2, -0.15) is 0 Å². The number of allylic oxidation sites excluding steroid dienone is 1. The van der Waals surface area contributed by atoms with Crippen molar-refractivity contribution in [1.82, 2.24) is 0 Å². The van der Waals surface area contributed by atoms with Gasteiger partial charge in [-0.1, -0.05) is 34.7 Å². The predicted molar refractivity (Wildman–Crippen MR) is 98.4 cm³/mol. The Hall–Kier alpha value is -0.670. The summed E-state index contributed by atoms with van der Waals surface area (Å²) in [6.45, 7) is 5.79. The van der Waals surface area contributed by atoms with E-state index in [1.165, 1.54) is 0 Å². The summed E-state index contributed by atoms with van der Waals surface area (Å²) in [6.07, 6.45) is 0.653. The van der Waals surface area contributed by atoms with Crippen LogP contribution >= 0.6 is 22.6 Å². The maximum atomic E-state index is 12.9. The summed E-state index contributed by atoms with van der Waals surface area (Å²) in [5.41, 5.74) is -1.81. The molecule has 0 aromatic rings. The van der Waals surface area contributed by atoms with Gasteiger partial charge in [-0.15, -0.1) is 0 Å². The molecule has 0 aromatic heterocycles. The number of carbonyl (C=O) groups is 2. The minimum absolute atomic E-state index is 0.119. The molecule has 1 spiro atoms. The average Bonchev–Trinajstić information content (AvgIpc) is 3.07. The van der Waals surface area contributed by atoms with Crippen LogP contribution in [0.1, 0.15) is 32.6 Å². The Kier molecular flexibility index (Phi) is 3.24. The maximum Gasteiger partial charge on any atom is 0.315 e. The summed E-state index contributed by atoms with van der Waals surface area (Å²) < 4.78 is 5.49. The molecule has 26 heavy (non-hydrogen) atoms. The fraction of sp³-hybridized carbons (Fsp3) is 0.789. The number of hydrogen-bond donors (Lipinski definition) is 3. The number of halogens is 1. The molecule has 1 saturated heterocycles. The summed E-state index contributed by atoms with van der Waals surface area (Å²) in [6, 6.07) is 0. The molecule has 5 fully saturated rings. The molecular weight excluding hydrogens is 451 g/mol. The molecule has 5 rings (SSSR count). The highest BCUT2D eigenvalue weighted by Crippen LogP contribution is 2.78. The number of carbonyl (C=O) groups excluding carboxylic acids is 1. The first-order valence-corrected chi connectivity index (χ1v) is 10.5. The minimum atomic E-state index is -1.39. The molecule has 3 N–H and O–H groups in total. The van der Waals surface area contributed by atoms with Crippen molar-refractivity contribution in [2.45, 2.75) is 54.3 Å². The fourth-order valence-corrected chi connectivity index (χ4v) is 8.99. The van der Waals surface area contributed by atoms with Gasteiger partial charge in [-0.05, 0) is 43.9 Å². The molecule has 0 radical (unpaired) electrons. The summed E-state index contributed by atoms with van der Waals surface area (Å²) in [4.78, 5) is 25.4. The highest BCUT2D eigenvalue weighted by molar-refractivity contribution is 14.1. The van der Waals surface area contributed by atoms with Crippen molar-refractivity contribution >= 4 is 34.5 Å². The lowest BCUT2D eigenvalue weighted by Crippen LogP contribution is -2.65. The lowest BCUT2D eigenvalue weighted by atomic mass is 9.58. The van der Waals surface area contributed by atoms with Crippen LogP contribution in [-0.4, -0.2) is 49.0 Å². The number of aliphatic hydroxyl groups is 2. The Morgan fingerprint density at radius 3 is 2.69 bits per heavy atom. The maximum absolute atomic E-state index is 12.9. The summed E-state index contributed by atoms with van der Waals surface area (Å²) in [5.74, 6) is -2.68. The van der Waals surface area contributed by atoms with E-state index in [2.05, 4.69) is 29.2 Å². The van der Waals surface area contributed by atoms with Crippen LogP contribution in [0.2, 0.25) is 0 Å². The predicted octanol–water partition coefficient (Wildman–Crippen LogP) is 1.52. The zero-order chi connectivity index (χ0) is 18.8. The number of ether oxygens (including phenoxy) is 1. The number of carboxylic acids is 1. The summed E-state index contributed by atoms with van der Waals surface area (Å²) >= 11 is 2.07. The molecule has 7 heteroatoms.